The van der Waals surface area contributed by atoms with Gasteiger partial charge in [-0.25, -0.2) is 4.39 Å². The molecule has 0 saturated heterocycles. The van der Waals surface area contributed by atoms with Crippen molar-refractivity contribution in [3.8, 4) is 17.2 Å². The molecular formula is C21H17ClFNO3. The third-order valence-corrected chi connectivity index (χ3v) is 4.42. The maximum Gasteiger partial charge on any atom is 0.231 e. The number of benzene rings is 3. The molecule has 0 aromatic heterocycles. The quantitative estimate of drug-likeness (QED) is 0.616. The second kappa shape index (κ2) is 7.76. The first-order valence-electron chi connectivity index (χ1n) is 8.46. The van der Waals surface area contributed by atoms with Gasteiger partial charge in [0, 0.05) is 28.9 Å². The van der Waals surface area contributed by atoms with Crippen LogP contribution in [0.3, 0.4) is 0 Å². The molecule has 4 rings (SSSR count). The van der Waals surface area contributed by atoms with E-state index in [1.165, 1.54) is 12.1 Å². The highest BCUT2D eigenvalue weighted by Gasteiger charge is 2.13. The smallest absolute Gasteiger partial charge is 0.231 e. The van der Waals surface area contributed by atoms with Crippen LogP contribution in [0, 0.1) is 5.82 Å². The first-order chi connectivity index (χ1) is 13.2. The fourth-order valence-corrected chi connectivity index (χ4v) is 2.97. The van der Waals surface area contributed by atoms with Crippen LogP contribution >= 0.6 is 11.6 Å². The lowest BCUT2D eigenvalue weighted by molar-refractivity contribution is 0.174. The summed E-state index contributed by atoms with van der Waals surface area (Å²) >= 11 is 6.15. The molecule has 4 nitrogen and oxygen atoms in total. The van der Waals surface area contributed by atoms with Crippen LogP contribution < -0.4 is 19.5 Å². The maximum atomic E-state index is 13.0. The highest BCUT2D eigenvalue weighted by molar-refractivity contribution is 6.30. The van der Waals surface area contributed by atoms with Crippen LogP contribution in [0.4, 0.5) is 10.1 Å². The number of nitrogens with one attached hydrogen (secondary N) is 1. The Balaban J connectivity index is 1.45. The van der Waals surface area contributed by atoms with Crippen LogP contribution in [0.15, 0.2) is 60.7 Å². The first kappa shape index (κ1) is 17.5. The normalized spacial score (nSPS) is 12.1. The minimum absolute atomic E-state index is 0.244. The summed E-state index contributed by atoms with van der Waals surface area (Å²) in [6, 6.07) is 17.4. The Morgan fingerprint density at radius 2 is 1.78 bits per heavy atom. The largest absolute Gasteiger partial charge is 0.489 e. The van der Waals surface area contributed by atoms with Gasteiger partial charge < -0.3 is 19.5 Å². The summed E-state index contributed by atoms with van der Waals surface area (Å²) in [7, 11) is 0. The third-order valence-electron chi connectivity index (χ3n) is 4.19. The summed E-state index contributed by atoms with van der Waals surface area (Å²) < 4.78 is 29.7. The Bertz CT molecular complexity index is 947. The highest BCUT2D eigenvalue weighted by Crippen LogP contribution is 2.34. The predicted molar refractivity (Wildman–Crippen MR) is 102 cm³/mol. The average Bonchev–Trinajstić information content (AvgIpc) is 3.15. The van der Waals surface area contributed by atoms with Gasteiger partial charge in [-0.15, -0.1) is 0 Å². The van der Waals surface area contributed by atoms with Crippen molar-refractivity contribution in [2.45, 2.75) is 13.2 Å². The predicted octanol–water partition coefficient (Wildman–Crippen LogP) is 5.40. The van der Waals surface area contributed by atoms with Crippen LogP contribution in [0.5, 0.6) is 17.2 Å². The van der Waals surface area contributed by atoms with Crippen LogP contribution in [0.2, 0.25) is 5.02 Å². The van der Waals surface area contributed by atoms with Crippen molar-refractivity contribution in [3.63, 3.8) is 0 Å². The molecule has 0 spiro atoms. The Hall–Kier alpha value is -2.92. The standard InChI is InChI=1S/C21H17ClFNO3/c22-16-3-7-19(25-12-14-1-4-17(23)5-2-14)15(9-16)11-24-18-6-8-20-21(10-18)27-13-26-20/h1-10,24H,11-13H2. The average molecular weight is 386 g/mol. The van der Waals surface area contributed by atoms with Crippen LogP contribution in [0.25, 0.3) is 0 Å². The summed E-state index contributed by atoms with van der Waals surface area (Å²) in [6.45, 7) is 1.12. The van der Waals surface area contributed by atoms with Gasteiger partial charge in [-0.2, -0.15) is 0 Å². The summed E-state index contributed by atoms with van der Waals surface area (Å²) in [5, 5.41) is 3.97. The molecule has 0 unspecified atom stereocenters. The number of hydrogen-bond donors (Lipinski definition) is 1. The molecule has 1 aliphatic heterocycles. The summed E-state index contributed by atoms with van der Waals surface area (Å²) in [5.74, 6) is 1.92. The van der Waals surface area contributed by atoms with E-state index in [-0.39, 0.29) is 12.6 Å². The monoisotopic (exact) mass is 385 g/mol. The molecule has 0 amide bonds. The first-order valence-corrected chi connectivity index (χ1v) is 8.84. The van der Waals surface area contributed by atoms with Gasteiger partial charge in [0.1, 0.15) is 18.2 Å². The zero-order valence-corrected chi connectivity index (χ0v) is 15.1. The van der Waals surface area contributed by atoms with E-state index >= 15 is 0 Å². The van der Waals surface area contributed by atoms with Crippen molar-refractivity contribution < 1.29 is 18.6 Å². The Kier molecular flexibility index (Phi) is 5.03. The maximum absolute atomic E-state index is 13.0. The van der Waals surface area contributed by atoms with Crippen LogP contribution in [-0.4, -0.2) is 6.79 Å². The fraction of sp³-hybridized carbons (Fsp3) is 0.143. The van der Waals surface area contributed by atoms with Gasteiger partial charge in [0.25, 0.3) is 0 Å². The minimum atomic E-state index is -0.265. The molecule has 3 aromatic rings. The van der Waals surface area contributed by atoms with Crippen molar-refractivity contribution in [2.24, 2.45) is 0 Å². The molecule has 1 aliphatic rings. The Morgan fingerprint density at radius 3 is 2.63 bits per heavy atom. The molecule has 1 N–H and O–H groups in total. The van der Waals surface area contributed by atoms with E-state index < -0.39 is 0 Å². The van der Waals surface area contributed by atoms with E-state index in [1.807, 2.05) is 30.3 Å². The Labute approximate surface area is 161 Å². The van der Waals surface area contributed by atoms with Gasteiger partial charge in [-0.1, -0.05) is 23.7 Å². The molecule has 1 heterocycles. The SMILES string of the molecule is Fc1ccc(COc2ccc(Cl)cc2CNc2ccc3c(c2)OCO3)cc1. The zero-order valence-electron chi connectivity index (χ0n) is 14.4. The molecule has 3 aromatic carbocycles. The Morgan fingerprint density at radius 1 is 0.963 bits per heavy atom. The van der Waals surface area contributed by atoms with Gasteiger partial charge >= 0.3 is 0 Å². The third kappa shape index (κ3) is 4.26. The second-order valence-electron chi connectivity index (χ2n) is 6.09. The summed E-state index contributed by atoms with van der Waals surface area (Å²) in [5.41, 5.74) is 2.71. The van der Waals surface area contributed by atoms with Crippen molar-refractivity contribution in [2.75, 3.05) is 12.1 Å². The van der Waals surface area contributed by atoms with E-state index in [0.717, 1.165) is 34.1 Å². The summed E-state index contributed by atoms with van der Waals surface area (Å²) in [4.78, 5) is 0. The van der Waals surface area contributed by atoms with Crippen LogP contribution in [-0.2, 0) is 13.2 Å². The van der Waals surface area contributed by atoms with Gasteiger partial charge in [-0.3, -0.25) is 0 Å². The van der Waals surface area contributed by atoms with Crippen molar-refractivity contribution in [1.29, 1.82) is 0 Å². The molecule has 0 saturated carbocycles. The van der Waals surface area contributed by atoms with E-state index in [2.05, 4.69) is 5.32 Å². The molecule has 0 radical (unpaired) electrons. The van der Waals surface area contributed by atoms with Crippen molar-refractivity contribution in [3.05, 3.63) is 82.6 Å². The molecule has 6 heteroatoms. The van der Waals surface area contributed by atoms with Gasteiger partial charge in [0.2, 0.25) is 6.79 Å². The van der Waals surface area contributed by atoms with Gasteiger partial charge in [-0.05, 0) is 48.0 Å². The summed E-state index contributed by atoms with van der Waals surface area (Å²) in [6.07, 6.45) is 0. The van der Waals surface area contributed by atoms with E-state index in [4.69, 9.17) is 25.8 Å². The number of ether oxygens (including phenoxy) is 3. The lowest BCUT2D eigenvalue weighted by Crippen LogP contribution is -2.04. The molecule has 0 aliphatic carbocycles. The molecule has 0 fully saturated rings. The van der Waals surface area contributed by atoms with Crippen molar-refractivity contribution >= 4 is 17.3 Å². The van der Waals surface area contributed by atoms with Crippen molar-refractivity contribution in [1.82, 2.24) is 0 Å². The molecule has 0 atom stereocenters. The molecule has 138 valence electrons. The van der Waals surface area contributed by atoms with Crippen LogP contribution in [0.1, 0.15) is 11.1 Å². The van der Waals surface area contributed by atoms with Gasteiger partial charge in [0.15, 0.2) is 11.5 Å². The lowest BCUT2D eigenvalue weighted by atomic mass is 10.2. The number of rotatable bonds is 6. The fourth-order valence-electron chi connectivity index (χ4n) is 2.77. The van der Waals surface area contributed by atoms with E-state index in [1.54, 1.807) is 18.2 Å². The van der Waals surface area contributed by atoms with Gasteiger partial charge in [0.05, 0.1) is 0 Å². The molecule has 27 heavy (non-hydrogen) atoms. The van der Waals surface area contributed by atoms with E-state index in [9.17, 15) is 4.39 Å². The number of fused-ring (bicyclic) bond motifs is 1. The zero-order chi connectivity index (χ0) is 18.6. The van der Waals surface area contributed by atoms with E-state index in [0.29, 0.717) is 18.2 Å². The highest BCUT2D eigenvalue weighted by atomic mass is 35.5. The number of halogens is 2. The topological polar surface area (TPSA) is 39.7 Å². The second-order valence-corrected chi connectivity index (χ2v) is 6.53. The lowest BCUT2D eigenvalue weighted by Gasteiger charge is -2.14. The molecule has 0 bridgehead atoms. The molecular weight excluding hydrogens is 369 g/mol. The number of hydrogen-bond acceptors (Lipinski definition) is 4. The number of anilines is 1. The minimum Gasteiger partial charge on any atom is -0.489 e.